The number of ether oxygens (including phenoxy) is 1. The number of fused-ring (bicyclic) bond motifs is 1. The van der Waals surface area contributed by atoms with Crippen LogP contribution in [0.25, 0.3) is 11.0 Å². The van der Waals surface area contributed by atoms with Gasteiger partial charge in [0.1, 0.15) is 11.3 Å². The van der Waals surface area contributed by atoms with Crippen LogP contribution >= 0.6 is 0 Å². The normalized spacial score (nSPS) is 10.9. The lowest BCUT2D eigenvalue weighted by Gasteiger charge is -2.07. The maximum absolute atomic E-state index is 12.0. The van der Waals surface area contributed by atoms with Crippen LogP contribution in [0.3, 0.4) is 0 Å². The highest BCUT2D eigenvalue weighted by Gasteiger charge is 2.08. The summed E-state index contributed by atoms with van der Waals surface area (Å²) >= 11 is 0. The minimum atomic E-state index is -0.307. The molecule has 0 aliphatic carbocycles. The van der Waals surface area contributed by atoms with Crippen molar-refractivity contribution in [3.63, 3.8) is 0 Å². The molecule has 0 spiro atoms. The number of benzene rings is 2. The fourth-order valence-corrected chi connectivity index (χ4v) is 2.36. The molecule has 0 aliphatic rings. The van der Waals surface area contributed by atoms with E-state index in [1.165, 1.54) is 0 Å². The Morgan fingerprint density at radius 1 is 1.26 bits per heavy atom. The zero-order valence-electron chi connectivity index (χ0n) is 12.7. The number of nitrogens with one attached hydrogen (secondary N) is 1. The molecule has 0 atom stereocenters. The second-order valence-corrected chi connectivity index (χ2v) is 5.38. The number of aromatic amines is 1. The Hall–Kier alpha value is -2.73. The Morgan fingerprint density at radius 2 is 2.13 bits per heavy atom. The lowest BCUT2D eigenvalue weighted by molar-refractivity contribution is -0.134. The van der Waals surface area contributed by atoms with Gasteiger partial charge in [-0.3, -0.25) is 9.89 Å². The van der Waals surface area contributed by atoms with Crippen molar-refractivity contribution in [2.75, 3.05) is 0 Å². The second-order valence-electron chi connectivity index (χ2n) is 5.38. The number of rotatable bonds is 5. The molecule has 3 rings (SSSR count). The summed E-state index contributed by atoms with van der Waals surface area (Å²) in [5, 5.41) is 19.6. The highest BCUT2D eigenvalue weighted by molar-refractivity contribution is 5.78. The van der Waals surface area contributed by atoms with Crippen LogP contribution in [0.1, 0.15) is 23.1 Å². The summed E-state index contributed by atoms with van der Waals surface area (Å²) in [7, 11) is 0. The summed E-state index contributed by atoms with van der Waals surface area (Å²) in [6, 6.07) is 11.0. The number of carbonyl (C=O) groups is 1. The zero-order valence-corrected chi connectivity index (χ0v) is 12.7. The molecule has 23 heavy (non-hydrogen) atoms. The SMILES string of the molecule is Cc1ccc(CCC(=O)Oc2ccc3[nH]nnc3c2)cc1CO. The summed E-state index contributed by atoms with van der Waals surface area (Å²) in [5.41, 5.74) is 4.37. The van der Waals surface area contributed by atoms with Crippen molar-refractivity contribution in [1.29, 1.82) is 0 Å². The lowest BCUT2D eigenvalue weighted by atomic mass is 10.0. The van der Waals surface area contributed by atoms with Crippen LogP contribution in [0, 0.1) is 6.92 Å². The van der Waals surface area contributed by atoms with Gasteiger partial charge >= 0.3 is 5.97 Å². The Kier molecular flexibility index (Phi) is 4.34. The van der Waals surface area contributed by atoms with Gasteiger partial charge in [-0.2, -0.15) is 0 Å². The van der Waals surface area contributed by atoms with E-state index in [1.807, 2.05) is 25.1 Å². The topological polar surface area (TPSA) is 88.1 Å². The molecule has 0 amide bonds. The number of H-pyrrole nitrogens is 1. The minimum Gasteiger partial charge on any atom is -0.426 e. The van der Waals surface area contributed by atoms with Crippen molar-refractivity contribution >= 4 is 17.0 Å². The molecule has 0 saturated heterocycles. The van der Waals surface area contributed by atoms with Gasteiger partial charge in [0.25, 0.3) is 0 Å². The molecule has 118 valence electrons. The number of aliphatic hydroxyl groups excluding tert-OH is 1. The van der Waals surface area contributed by atoms with E-state index in [4.69, 9.17) is 4.74 Å². The van der Waals surface area contributed by atoms with E-state index in [2.05, 4.69) is 15.4 Å². The molecule has 0 aliphatic heterocycles. The van der Waals surface area contributed by atoms with Gasteiger partial charge in [0.2, 0.25) is 0 Å². The van der Waals surface area contributed by atoms with Crippen molar-refractivity contribution in [2.24, 2.45) is 0 Å². The number of esters is 1. The number of aromatic nitrogens is 3. The van der Waals surface area contributed by atoms with Crippen molar-refractivity contribution in [3.8, 4) is 5.75 Å². The van der Waals surface area contributed by atoms with Gasteiger partial charge in [0.05, 0.1) is 12.1 Å². The van der Waals surface area contributed by atoms with E-state index >= 15 is 0 Å². The molecule has 0 radical (unpaired) electrons. The maximum atomic E-state index is 12.0. The monoisotopic (exact) mass is 311 g/mol. The molecule has 6 heteroatoms. The summed E-state index contributed by atoms with van der Waals surface area (Å²) in [4.78, 5) is 12.0. The molecule has 0 fully saturated rings. The Balaban J connectivity index is 1.60. The zero-order chi connectivity index (χ0) is 16.2. The molecule has 2 N–H and O–H groups in total. The van der Waals surface area contributed by atoms with Crippen LogP contribution in [-0.4, -0.2) is 26.5 Å². The molecular weight excluding hydrogens is 294 g/mol. The van der Waals surface area contributed by atoms with Gasteiger partial charge < -0.3 is 9.84 Å². The third-order valence-electron chi connectivity index (χ3n) is 3.73. The highest BCUT2D eigenvalue weighted by Crippen LogP contribution is 2.18. The number of nitrogens with zero attached hydrogens (tertiary/aromatic N) is 2. The van der Waals surface area contributed by atoms with Crippen molar-refractivity contribution in [1.82, 2.24) is 15.4 Å². The van der Waals surface area contributed by atoms with Crippen LogP contribution in [-0.2, 0) is 17.8 Å². The number of carbonyl (C=O) groups excluding carboxylic acids is 1. The number of aliphatic hydroxyl groups is 1. The van der Waals surface area contributed by atoms with Gasteiger partial charge in [-0.15, -0.1) is 5.10 Å². The van der Waals surface area contributed by atoms with E-state index in [9.17, 15) is 9.90 Å². The molecule has 1 heterocycles. The van der Waals surface area contributed by atoms with Crippen LogP contribution in [0.5, 0.6) is 5.75 Å². The molecule has 2 aromatic carbocycles. The lowest BCUT2D eigenvalue weighted by Crippen LogP contribution is -2.09. The highest BCUT2D eigenvalue weighted by atomic mass is 16.5. The van der Waals surface area contributed by atoms with E-state index in [1.54, 1.807) is 18.2 Å². The average Bonchev–Trinajstić information content (AvgIpc) is 3.01. The summed E-state index contributed by atoms with van der Waals surface area (Å²) in [6.45, 7) is 1.95. The predicted octanol–water partition coefficient (Wildman–Crippen LogP) is 2.30. The van der Waals surface area contributed by atoms with Crippen LogP contribution in [0.4, 0.5) is 0 Å². The van der Waals surface area contributed by atoms with Crippen molar-refractivity contribution < 1.29 is 14.6 Å². The predicted molar refractivity (Wildman–Crippen MR) is 84.9 cm³/mol. The molecular formula is C17H17N3O3. The van der Waals surface area contributed by atoms with E-state index in [0.717, 1.165) is 22.2 Å². The van der Waals surface area contributed by atoms with Gasteiger partial charge in [-0.05, 0) is 42.2 Å². The second kappa shape index (κ2) is 6.58. The molecule has 0 bridgehead atoms. The molecule has 1 aromatic heterocycles. The first-order valence-electron chi connectivity index (χ1n) is 7.36. The Labute approximate surface area is 133 Å². The third-order valence-corrected chi connectivity index (χ3v) is 3.73. The number of hydrogen-bond acceptors (Lipinski definition) is 5. The third kappa shape index (κ3) is 3.54. The maximum Gasteiger partial charge on any atom is 0.311 e. The summed E-state index contributed by atoms with van der Waals surface area (Å²) < 4.78 is 5.32. The van der Waals surface area contributed by atoms with Crippen molar-refractivity contribution in [2.45, 2.75) is 26.4 Å². The first-order valence-corrected chi connectivity index (χ1v) is 7.36. The van der Waals surface area contributed by atoms with Gasteiger partial charge in [-0.25, -0.2) is 0 Å². The standard InChI is InChI=1S/C17H17N3O3/c1-11-2-3-12(8-13(11)10-21)4-7-17(22)23-14-5-6-15-16(9-14)19-20-18-15/h2-3,5-6,8-9,21H,4,7,10H2,1H3,(H,18,19,20). The average molecular weight is 311 g/mol. The van der Waals surface area contributed by atoms with Crippen LogP contribution in [0.2, 0.25) is 0 Å². The smallest absolute Gasteiger partial charge is 0.311 e. The first kappa shape index (κ1) is 15.2. The fourth-order valence-electron chi connectivity index (χ4n) is 2.36. The quantitative estimate of drug-likeness (QED) is 0.557. The van der Waals surface area contributed by atoms with Gasteiger partial charge in [-0.1, -0.05) is 23.4 Å². The summed E-state index contributed by atoms with van der Waals surface area (Å²) in [6.07, 6.45) is 0.836. The Morgan fingerprint density at radius 3 is 2.96 bits per heavy atom. The largest absolute Gasteiger partial charge is 0.426 e. The number of aryl methyl sites for hydroxylation is 2. The fraction of sp³-hybridized carbons (Fsp3) is 0.235. The van der Waals surface area contributed by atoms with Gasteiger partial charge in [0.15, 0.2) is 0 Å². The molecule has 3 aromatic rings. The van der Waals surface area contributed by atoms with Crippen LogP contribution in [0.15, 0.2) is 36.4 Å². The molecule has 0 saturated carbocycles. The Bertz CT molecular complexity index is 842. The minimum absolute atomic E-state index is 0.00182. The van der Waals surface area contributed by atoms with E-state index < -0.39 is 0 Å². The van der Waals surface area contributed by atoms with Crippen molar-refractivity contribution in [3.05, 3.63) is 53.1 Å². The molecule has 0 unspecified atom stereocenters. The van der Waals surface area contributed by atoms with Crippen LogP contribution < -0.4 is 4.74 Å². The van der Waals surface area contributed by atoms with E-state index in [-0.39, 0.29) is 19.0 Å². The molecule has 6 nitrogen and oxygen atoms in total. The van der Waals surface area contributed by atoms with E-state index in [0.29, 0.717) is 17.7 Å². The number of hydrogen-bond donors (Lipinski definition) is 2. The first-order chi connectivity index (χ1) is 11.2. The van der Waals surface area contributed by atoms with Gasteiger partial charge in [0, 0.05) is 12.5 Å². The summed E-state index contributed by atoms with van der Waals surface area (Å²) in [5.74, 6) is 0.148.